The minimum atomic E-state index is -3.69. The van der Waals surface area contributed by atoms with Crippen molar-refractivity contribution in [3.05, 3.63) is 35.9 Å². The van der Waals surface area contributed by atoms with E-state index in [4.69, 9.17) is 4.74 Å². The van der Waals surface area contributed by atoms with Crippen molar-refractivity contribution in [1.29, 1.82) is 0 Å². The molecule has 21 heavy (non-hydrogen) atoms. The van der Waals surface area contributed by atoms with Gasteiger partial charge in [0.05, 0.1) is 19.4 Å². The van der Waals surface area contributed by atoms with Gasteiger partial charge >= 0.3 is 0 Å². The lowest BCUT2D eigenvalue weighted by Gasteiger charge is -2.18. The van der Waals surface area contributed by atoms with Gasteiger partial charge < -0.3 is 9.84 Å². The first-order valence-electron chi connectivity index (χ1n) is 6.31. The highest BCUT2D eigenvalue weighted by molar-refractivity contribution is 7.94. The zero-order chi connectivity index (χ0) is 15.0. The van der Waals surface area contributed by atoms with Gasteiger partial charge in [-0.25, -0.2) is 8.42 Å². The molecule has 0 spiro atoms. The van der Waals surface area contributed by atoms with Gasteiger partial charge in [-0.3, -0.25) is 4.31 Å². The monoisotopic (exact) mass is 326 g/mol. The third-order valence-corrected chi connectivity index (χ3v) is 6.45. The molecule has 1 atom stereocenters. The Morgan fingerprint density at radius 1 is 1.48 bits per heavy atom. The number of aromatic nitrogens is 1. The lowest BCUT2D eigenvalue weighted by atomic mass is 10.0. The van der Waals surface area contributed by atoms with Crippen LogP contribution in [0.2, 0.25) is 0 Å². The van der Waals surface area contributed by atoms with Crippen molar-refractivity contribution in [3.8, 4) is 5.88 Å². The number of hydrogen-bond acceptors (Lipinski definition) is 6. The smallest absolute Gasteiger partial charge is 0.275 e. The minimum absolute atomic E-state index is 0.0882. The predicted octanol–water partition coefficient (Wildman–Crippen LogP) is 1.44. The summed E-state index contributed by atoms with van der Waals surface area (Å²) in [6.45, 7) is 0.146. The van der Waals surface area contributed by atoms with Gasteiger partial charge in [0.1, 0.15) is 0 Å². The molecule has 0 amide bonds. The van der Waals surface area contributed by atoms with Gasteiger partial charge in [0.2, 0.25) is 5.88 Å². The van der Waals surface area contributed by atoms with Crippen molar-refractivity contribution in [3.63, 3.8) is 0 Å². The summed E-state index contributed by atoms with van der Waals surface area (Å²) in [6, 6.07) is 8.64. The van der Waals surface area contributed by atoms with E-state index in [1.165, 1.54) is 17.5 Å². The van der Waals surface area contributed by atoms with Crippen LogP contribution in [-0.2, 0) is 10.0 Å². The van der Waals surface area contributed by atoms with Gasteiger partial charge in [0, 0.05) is 18.5 Å². The average molecular weight is 326 g/mol. The molecule has 8 heteroatoms. The summed E-state index contributed by atoms with van der Waals surface area (Å²) in [5.74, 6) is 0.0792. The average Bonchev–Trinajstić information content (AvgIpc) is 3.12. The minimum Gasteiger partial charge on any atom is -0.480 e. The quantitative estimate of drug-likeness (QED) is 0.919. The highest BCUT2D eigenvalue weighted by Crippen LogP contribution is 2.40. The number of para-hydroxylation sites is 1. The van der Waals surface area contributed by atoms with Crippen LogP contribution in [0.4, 0.5) is 5.69 Å². The van der Waals surface area contributed by atoms with Crippen LogP contribution in [0, 0.1) is 0 Å². The van der Waals surface area contributed by atoms with Gasteiger partial charge in [0.15, 0.2) is 4.21 Å². The number of aliphatic hydroxyl groups is 1. The molecule has 1 N–H and O–H groups in total. The van der Waals surface area contributed by atoms with Crippen LogP contribution >= 0.6 is 11.5 Å². The molecule has 0 saturated carbocycles. The van der Waals surface area contributed by atoms with Crippen LogP contribution in [-0.4, -0.2) is 38.2 Å². The van der Waals surface area contributed by atoms with E-state index in [1.54, 1.807) is 12.1 Å². The molecule has 3 rings (SSSR count). The maximum absolute atomic E-state index is 12.7. The Morgan fingerprint density at radius 3 is 2.90 bits per heavy atom. The van der Waals surface area contributed by atoms with E-state index in [1.807, 2.05) is 12.1 Å². The summed E-state index contributed by atoms with van der Waals surface area (Å²) in [4.78, 5) is 0. The van der Waals surface area contributed by atoms with Crippen LogP contribution in [0.15, 0.2) is 34.5 Å². The number of rotatable bonds is 4. The molecule has 6 nitrogen and oxygen atoms in total. The fraction of sp³-hybridized carbons (Fsp3) is 0.308. The molecule has 112 valence electrons. The molecule has 0 bridgehead atoms. The largest absolute Gasteiger partial charge is 0.480 e. The van der Waals surface area contributed by atoms with Crippen LogP contribution in [0.1, 0.15) is 11.5 Å². The Bertz CT molecular complexity index is 757. The fourth-order valence-corrected chi connectivity index (χ4v) is 4.90. The van der Waals surface area contributed by atoms with E-state index in [-0.39, 0.29) is 29.2 Å². The molecule has 1 aromatic carbocycles. The van der Waals surface area contributed by atoms with Crippen molar-refractivity contribution in [2.24, 2.45) is 0 Å². The molecule has 0 fully saturated rings. The standard InChI is InChI=1S/C13H14N2O4S2/c1-19-12-6-13(20-14-12)21(17,18)15-7-9(8-16)10-4-2-3-5-11(10)15/h2-6,9,16H,7-8H2,1H3. The van der Waals surface area contributed by atoms with E-state index in [9.17, 15) is 13.5 Å². The molecule has 0 aliphatic carbocycles. The van der Waals surface area contributed by atoms with Crippen LogP contribution in [0.5, 0.6) is 5.88 Å². The zero-order valence-corrected chi connectivity index (χ0v) is 12.9. The Balaban J connectivity index is 2.04. The third kappa shape index (κ3) is 2.29. The van der Waals surface area contributed by atoms with Crippen LogP contribution in [0.25, 0.3) is 0 Å². The molecule has 0 saturated heterocycles. The van der Waals surface area contributed by atoms with E-state index in [2.05, 4.69) is 4.37 Å². The second-order valence-corrected chi connectivity index (χ2v) is 7.56. The topological polar surface area (TPSA) is 79.7 Å². The Labute approximate surface area is 126 Å². The third-order valence-electron chi connectivity index (χ3n) is 3.47. The van der Waals surface area contributed by atoms with E-state index < -0.39 is 10.0 Å². The summed E-state index contributed by atoms with van der Waals surface area (Å²) < 4.78 is 35.8. The number of benzene rings is 1. The fourth-order valence-electron chi connectivity index (χ4n) is 2.41. The predicted molar refractivity (Wildman–Crippen MR) is 79.5 cm³/mol. The summed E-state index contributed by atoms with van der Waals surface area (Å²) in [6.07, 6.45) is 0. The summed E-state index contributed by atoms with van der Waals surface area (Å²) in [5.41, 5.74) is 1.46. The molecule has 2 aromatic rings. The molecule has 1 aliphatic rings. The first kappa shape index (κ1) is 14.3. The molecular weight excluding hydrogens is 312 g/mol. The van der Waals surface area contributed by atoms with E-state index >= 15 is 0 Å². The number of sulfonamides is 1. The van der Waals surface area contributed by atoms with Crippen molar-refractivity contribution < 1.29 is 18.3 Å². The Kier molecular flexibility index (Phi) is 3.60. The summed E-state index contributed by atoms with van der Waals surface area (Å²) >= 11 is 0.884. The second-order valence-electron chi connectivity index (χ2n) is 4.66. The van der Waals surface area contributed by atoms with Crippen molar-refractivity contribution in [2.75, 3.05) is 24.6 Å². The number of methoxy groups -OCH3 is 1. The molecule has 2 heterocycles. The second kappa shape index (κ2) is 5.28. The van der Waals surface area contributed by atoms with Crippen molar-refractivity contribution in [1.82, 2.24) is 4.37 Å². The van der Waals surface area contributed by atoms with Crippen molar-refractivity contribution in [2.45, 2.75) is 10.1 Å². The molecule has 0 radical (unpaired) electrons. The highest BCUT2D eigenvalue weighted by atomic mass is 32.2. The lowest BCUT2D eigenvalue weighted by molar-refractivity contribution is 0.272. The molecule has 1 aliphatic heterocycles. The van der Waals surface area contributed by atoms with Gasteiger partial charge in [-0.05, 0) is 23.2 Å². The normalized spacial score (nSPS) is 17.8. The molecule has 1 unspecified atom stereocenters. The highest BCUT2D eigenvalue weighted by Gasteiger charge is 2.37. The lowest BCUT2D eigenvalue weighted by Crippen LogP contribution is -2.29. The first-order chi connectivity index (χ1) is 10.1. The van der Waals surface area contributed by atoms with Gasteiger partial charge in [-0.15, -0.1) is 0 Å². The number of ether oxygens (including phenoxy) is 1. The van der Waals surface area contributed by atoms with Gasteiger partial charge in [-0.1, -0.05) is 18.2 Å². The summed E-state index contributed by atoms with van der Waals surface area (Å²) in [5, 5.41) is 9.46. The Morgan fingerprint density at radius 2 is 2.24 bits per heavy atom. The number of anilines is 1. The molecule has 1 aromatic heterocycles. The van der Waals surface area contributed by atoms with Crippen LogP contribution < -0.4 is 9.04 Å². The van der Waals surface area contributed by atoms with Gasteiger partial charge in [-0.2, -0.15) is 4.37 Å². The zero-order valence-electron chi connectivity index (χ0n) is 11.3. The maximum atomic E-state index is 12.7. The number of nitrogens with zero attached hydrogens (tertiary/aromatic N) is 2. The number of aliphatic hydroxyl groups excluding tert-OH is 1. The van der Waals surface area contributed by atoms with E-state index in [0.717, 1.165) is 17.1 Å². The van der Waals surface area contributed by atoms with Crippen molar-refractivity contribution >= 4 is 27.2 Å². The number of hydrogen-bond donors (Lipinski definition) is 1. The molecular formula is C13H14N2O4S2. The SMILES string of the molecule is COc1cc(S(=O)(=O)N2CC(CO)c3ccccc32)sn1. The van der Waals surface area contributed by atoms with Crippen LogP contribution in [0.3, 0.4) is 0 Å². The van der Waals surface area contributed by atoms with E-state index in [0.29, 0.717) is 5.69 Å². The Hall–Kier alpha value is -1.64. The maximum Gasteiger partial charge on any atom is 0.275 e. The number of fused-ring (bicyclic) bond motifs is 1. The summed E-state index contributed by atoms with van der Waals surface area (Å²) in [7, 11) is -2.24. The first-order valence-corrected chi connectivity index (χ1v) is 8.52. The van der Waals surface area contributed by atoms with Gasteiger partial charge in [0.25, 0.3) is 10.0 Å².